The number of nitrogens with zero attached hydrogens (tertiary/aromatic N) is 4. The van der Waals surface area contributed by atoms with Crippen LogP contribution in [0.2, 0.25) is 0 Å². The fourth-order valence-corrected chi connectivity index (χ4v) is 6.56. The number of hydrogen-bond donors (Lipinski definition) is 0. The number of hydrogen-bond acceptors (Lipinski definition) is 9. The summed E-state index contributed by atoms with van der Waals surface area (Å²) in [6, 6.07) is 10.3. The van der Waals surface area contributed by atoms with E-state index in [0.29, 0.717) is 17.0 Å². The van der Waals surface area contributed by atoms with E-state index < -0.39 is 54.9 Å². The Morgan fingerprint density at radius 2 is 1.45 bits per heavy atom. The summed E-state index contributed by atoms with van der Waals surface area (Å²) in [5.74, 6) is 0.352. The van der Waals surface area contributed by atoms with Gasteiger partial charge >= 0.3 is 24.1 Å². The van der Waals surface area contributed by atoms with E-state index in [4.69, 9.17) is 9.73 Å². The number of aliphatic imine (C=N–C) groups is 1. The van der Waals surface area contributed by atoms with Gasteiger partial charge in [-0.1, -0.05) is 42.5 Å². The van der Waals surface area contributed by atoms with E-state index in [-0.39, 0.29) is 39.0 Å². The molecule has 2 aliphatic heterocycles. The lowest BCUT2D eigenvalue weighted by Crippen LogP contribution is -2.62. The molecule has 2 heterocycles. The quantitative estimate of drug-likeness (QED) is 0.161. The molecule has 0 fully saturated rings. The number of carbonyl (C=O) groups excluding carboxylic acids is 4. The normalized spacial score (nSPS) is 17.7. The molecule has 0 aromatic heterocycles. The van der Waals surface area contributed by atoms with Crippen LogP contribution in [0.3, 0.4) is 0 Å². The molecule has 1 atom stereocenters. The topological polar surface area (TPSA) is 99.6 Å². The molecule has 0 radical (unpaired) electrons. The molecule has 3 aromatic rings. The first-order chi connectivity index (χ1) is 22.3. The van der Waals surface area contributed by atoms with Crippen LogP contribution in [-0.2, 0) is 31.1 Å². The van der Waals surface area contributed by atoms with E-state index in [1.165, 1.54) is 4.90 Å². The van der Waals surface area contributed by atoms with Crippen molar-refractivity contribution in [1.29, 1.82) is 0 Å². The molecule has 1 unspecified atom stereocenters. The van der Waals surface area contributed by atoms with E-state index in [1.807, 2.05) is 73.3 Å². The Hall–Kier alpha value is -4.49. The van der Waals surface area contributed by atoms with Gasteiger partial charge in [-0.05, 0) is 43.4 Å². The summed E-state index contributed by atoms with van der Waals surface area (Å²) in [5.41, 5.74) is 0.834. The van der Waals surface area contributed by atoms with Gasteiger partial charge in [0, 0.05) is 49.2 Å². The maximum absolute atomic E-state index is 13.9. The van der Waals surface area contributed by atoms with Crippen LogP contribution in [0.5, 0.6) is 5.75 Å². The number of fused-ring (bicyclic) bond motifs is 4. The van der Waals surface area contributed by atoms with Crippen LogP contribution in [0.15, 0.2) is 59.6 Å². The molecule has 0 aliphatic carbocycles. The predicted molar refractivity (Wildman–Crippen MR) is 168 cm³/mol. The van der Waals surface area contributed by atoms with E-state index in [1.54, 1.807) is 6.21 Å². The number of carbonyl (C=O) groups is 4. The fourth-order valence-electron chi connectivity index (χ4n) is 6.56. The maximum atomic E-state index is 13.9. The van der Waals surface area contributed by atoms with Crippen molar-refractivity contribution in [3.63, 3.8) is 0 Å². The van der Waals surface area contributed by atoms with Gasteiger partial charge in [0.1, 0.15) is 5.69 Å². The summed E-state index contributed by atoms with van der Waals surface area (Å²) in [7, 11) is 0. The minimum atomic E-state index is -1.78. The van der Waals surface area contributed by atoms with Gasteiger partial charge in [0.25, 0.3) is 0 Å². The van der Waals surface area contributed by atoms with Crippen molar-refractivity contribution in [2.45, 2.75) is 44.4 Å². The highest BCUT2D eigenvalue weighted by atomic mass is 19.1. The summed E-state index contributed by atoms with van der Waals surface area (Å²) in [4.78, 5) is 54.3. The molecule has 0 saturated heterocycles. The van der Waals surface area contributed by atoms with Gasteiger partial charge in [-0.2, -0.15) is 17.6 Å². The average Bonchev–Trinajstić information content (AvgIpc) is 3.17. The molecule has 2 aliphatic rings. The Kier molecular flexibility index (Phi) is 9.87. The third-order valence-electron chi connectivity index (χ3n) is 8.77. The summed E-state index contributed by atoms with van der Waals surface area (Å²) in [5, 5.41) is 1.55. The molecule has 47 heavy (non-hydrogen) atoms. The molecule has 0 saturated carbocycles. The fraction of sp³-hybridized carbons (Fsp3) is 0.382. The van der Waals surface area contributed by atoms with Crippen LogP contribution in [0.4, 0.5) is 28.9 Å². The molecule has 13 heteroatoms. The van der Waals surface area contributed by atoms with Crippen LogP contribution in [0.1, 0.15) is 37.8 Å². The molecule has 3 aromatic carbocycles. The third kappa shape index (κ3) is 6.96. The average molecular weight is 655 g/mol. The van der Waals surface area contributed by atoms with Crippen molar-refractivity contribution >= 4 is 52.5 Å². The second kappa shape index (κ2) is 13.7. The van der Waals surface area contributed by atoms with Gasteiger partial charge < -0.3 is 9.64 Å². The van der Waals surface area contributed by atoms with Gasteiger partial charge in [-0.3, -0.25) is 34.0 Å². The van der Waals surface area contributed by atoms with Gasteiger partial charge in [0.05, 0.1) is 31.3 Å². The lowest BCUT2D eigenvalue weighted by atomic mass is 9.77. The zero-order valence-electron chi connectivity index (χ0n) is 26.0. The minimum Gasteiger partial charge on any atom is -0.459 e. The van der Waals surface area contributed by atoms with Gasteiger partial charge in [-0.15, -0.1) is 0 Å². The number of benzene rings is 3. The Balaban J connectivity index is 1.56. The van der Waals surface area contributed by atoms with E-state index >= 15 is 0 Å². The molecule has 248 valence electrons. The third-order valence-corrected chi connectivity index (χ3v) is 8.77. The van der Waals surface area contributed by atoms with Crippen LogP contribution < -0.4 is 9.64 Å². The second-order valence-corrected chi connectivity index (χ2v) is 12.2. The highest BCUT2D eigenvalue weighted by Gasteiger charge is 2.59. The Morgan fingerprint density at radius 3 is 2.13 bits per heavy atom. The van der Waals surface area contributed by atoms with Crippen molar-refractivity contribution in [1.82, 2.24) is 9.80 Å². The molecule has 9 nitrogen and oxygen atoms in total. The number of anilines is 1. The predicted octanol–water partition coefficient (Wildman–Crippen LogP) is 5.30. The van der Waals surface area contributed by atoms with Crippen molar-refractivity contribution in [2.24, 2.45) is 4.99 Å². The Bertz CT molecular complexity index is 1730. The van der Waals surface area contributed by atoms with Gasteiger partial charge in [-0.25, -0.2) is 0 Å². The van der Waals surface area contributed by atoms with Crippen LogP contribution >= 0.6 is 0 Å². The molecule has 0 N–H and O–H groups in total. The monoisotopic (exact) mass is 654 g/mol. The van der Waals surface area contributed by atoms with Crippen molar-refractivity contribution in [2.75, 3.05) is 44.2 Å². The molecule has 1 spiro atoms. The number of para-hydroxylation sites is 1. The Labute approximate surface area is 268 Å². The summed E-state index contributed by atoms with van der Waals surface area (Å²) in [6.45, 7) is 1.44. The van der Waals surface area contributed by atoms with Crippen LogP contribution in [0, 0.1) is 0 Å². The van der Waals surface area contributed by atoms with E-state index in [0.717, 1.165) is 26.9 Å². The molecule has 0 bridgehead atoms. The van der Waals surface area contributed by atoms with E-state index in [2.05, 4.69) is 0 Å². The highest BCUT2D eigenvalue weighted by Crippen LogP contribution is 2.55. The largest absolute Gasteiger partial charge is 0.459 e. The van der Waals surface area contributed by atoms with Gasteiger partial charge in [0.2, 0.25) is 5.72 Å². The molecular formula is C34H34F4N4O5. The standard InChI is InChI=1S/C34H34F4N4O5/c1-33(2)25-10-5-6-11-26(25)42(13-7-12-27(35)43)34(33)21-39-31-24-9-4-3-8-22(24)16-23(32(31)47-34)17-40(18-28(36)44)14-15-41(19-29(37)45)20-30(38)46/h3-6,8-11,16,21H,7,12-15,17-20H2,1-2H3. The SMILES string of the molecule is CC1(C)c2ccccc2N(CCCC(=O)F)C12C=Nc1c(c(CN(CCN(CC(=O)F)CC(=O)F)CC(=O)F)cc3ccccc13)O2. The second-order valence-electron chi connectivity index (χ2n) is 12.2. The summed E-state index contributed by atoms with van der Waals surface area (Å²) >= 11 is 0. The van der Waals surface area contributed by atoms with Crippen molar-refractivity contribution < 1.29 is 41.5 Å². The lowest BCUT2D eigenvalue weighted by molar-refractivity contribution is -0.135. The number of rotatable bonds is 15. The smallest absolute Gasteiger partial charge is 0.315 e. The number of ether oxygens (including phenoxy) is 1. The lowest BCUT2D eigenvalue weighted by Gasteiger charge is -2.47. The minimum absolute atomic E-state index is 0.0703. The number of halogens is 4. The first-order valence-electron chi connectivity index (χ1n) is 15.2. The van der Waals surface area contributed by atoms with Crippen LogP contribution in [0.25, 0.3) is 10.8 Å². The zero-order chi connectivity index (χ0) is 33.9. The van der Waals surface area contributed by atoms with E-state index in [9.17, 15) is 36.7 Å². The molecular weight excluding hydrogens is 620 g/mol. The first-order valence-corrected chi connectivity index (χ1v) is 15.2. The first kappa shape index (κ1) is 33.9. The highest BCUT2D eigenvalue weighted by molar-refractivity contribution is 6.01. The maximum Gasteiger partial charge on any atom is 0.315 e. The Morgan fingerprint density at radius 1 is 0.830 bits per heavy atom. The van der Waals surface area contributed by atoms with Crippen molar-refractivity contribution in [3.8, 4) is 5.75 Å². The zero-order valence-corrected chi connectivity index (χ0v) is 26.0. The summed E-state index contributed by atoms with van der Waals surface area (Å²) in [6.07, 6.45) is 1.65. The van der Waals surface area contributed by atoms with Crippen LogP contribution in [-0.4, -0.2) is 85.2 Å². The van der Waals surface area contributed by atoms with Gasteiger partial charge in [0.15, 0.2) is 5.75 Å². The summed E-state index contributed by atoms with van der Waals surface area (Å²) < 4.78 is 60.5. The van der Waals surface area contributed by atoms with Crippen molar-refractivity contribution in [3.05, 3.63) is 65.7 Å². The molecule has 5 rings (SSSR count). The molecule has 0 amide bonds.